The SMILES string of the molecule is Cc1cc(OCC(=O)Nc2nccs2)nc(Nc2ccc(F)c(C)c2)n1. The predicted octanol–water partition coefficient (Wildman–Crippen LogP) is 3.45. The molecule has 3 aromatic rings. The van der Waals surface area contributed by atoms with Crippen molar-refractivity contribution in [1.82, 2.24) is 15.0 Å². The molecule has 0 unspecified atom stereocenters. The highest BCUT2D eigenvalue weighted by atomic mass is 32.1. The van der Waals surface area contributed by atoms with Gasteiger partial charge in [0.25, 0.3) is 5.91 Å². The van der Waals surface area contributed by atoms with E-state index in [0.717, 1.165) is 0 Å². The van der Waals surface area contributed by atoms with E-state index in [-0.39, 0.29) is 24.2 Å². The first-order chi connectivity index (χ1) is 12.5. The molecule has 1 amide bonds. The van der Waals surface area contributed by atoms with Gasteiger partial charge in [-0.25, -0.2) is 14.4 Å². The molecule has 0 saturated carbocycles. The van der Waals surface area contributed by atoms with Crippen molar-refractivity contribution in [2.75, 3.05) is 17.2 Å². The minimum atomic E-state index is -0.333. The summed E-state index contributed by atoms with van der Waals surface area (Å²) in [6.45, 7) is 3.25. The van der Waals surface area contributed by atoms with E-state index >= 15 is 0 Å². The number of hydrogen-bond donors (Lipinski definition) is 2. The number of aryl methyl sites for hydroxylation is 2. The molecule has 0 aliphatic carbocycles. The van der Waals surface area contributed by atoms with Crippen LogP contribution in [0.4, 0.5) is 21.2 Å². The molecule has 26 heavy (non-hydrogen) atoms. The smallest absolute Gasteiger partial charge is 0.264 e. The van der Waals surface area contributed by atoms with Gasteiger partial charge in [0.05, 0.1) is 0 Å². The summed E-state index contributed by atoms with van der Waals surface area (Å²) < 4.78 is 18.8. The quantitative estimate of drug-likeness (QED) is 0.688. The van der Waals surface area contributed by atoms with Crippen molar-refractivity contribution in [3.8, 4) is 5.88 Å². The van der Waals surface area contributed by atoms with Crippen molar-refractivity contribution >= 4 is 34.0 Å². The minimum Gasteiger partial charge on any atom is -0.467 e. The molecule has 1 aromatic carbocycles. The van der Waals surface area contributed by atoms with Crippen LogP contribution in [0.5, 0.6) is 5.88 Å². The van der Waals surface area contributed by atoms with Crippen molar-refractivity contribution in [3.05, 3.63) is 52.9 Å². The Hall–Kier alpha value is -3.07. The molecule has 0 saturated heterocycles. The summed E-state index contributed by atoms with van der Waals surface area (Å²) in [6, 6.07) is 6.24. The fourth-order valence-corrected chi connectivity index (χ4v) is 2.65. The average Bonchev–Trinajstić information content (AvgIpc) is 3.09. The molecule has 134 valence electrons. The van der Waals surface area contributed by atoms with Gasteiger partial charge in [0, 0.05) is 29.0 Å². The Morgan fingerprint density at radius 1 is 1.27 bits per heavy atom. The maximum Gasteiger partial charge on any atom is 0.264 e. The Morgan fingerprint density at radius 3 is 2.85 bits per heavy atom. The van der Waals surface area contributed by atoms with Crippen molar-refractivity contribution < 1.29 is 13.9 Å². The summed E-state index contributed by atoms with van der Waals surface area (Å²) in [4.78, 5) is 24.3. The fraction of sp³-hybridized carbons (Fsp3) is 0.176. The number of ether oxygens (including phenoxy) is 1. The molecule has 0 aliphatic rings. The number of benzene rings is 1. The fourth-order valence-electron chi connectivity index (χ4n) is 2.10. The third-order valence-electron chi connectivity index (χ3n) is 3.27. The van der Waals surface area contributed by atoms with E-state index in [2.05, 4.69) is 25.6 Å². The summed E-state index contributed by atoms with van der Waals surface area (Å²) >= 11 is 1.32. The highest BCUT2D eigenvalue weighted by Crippen LogP contribution is 2.19. The van der Waals surface area contributed by atoms with Crippen molar-refractivity contribution in [2.45, 2.75) is 13.8 Å². The molecule has 9 heteroatoms. The van der Waals surface area contributed by atoms with Crippen LogP contribution in [-0.2, 0) is 4.79 Å². The largest absolute Gasteiger partial charge is 0.467 e. The normalized spacial score (nSPS) is 10.4. The number of carbonyl (C=O) groups excluding carboxylic acids is 1. The van der Waals surface area contributed by atoms with Crippen LogP contribution in [0.2, 0.25) is 0 Å². The first-order valence-electron chi connectivity index (χ1n) is 7.70. The average molecular weight is 373 g/mol. The second kappa shape index (κ2) is 7.87. The molecule has 0 spiro atoms. The van der Waals surface area contributed by atoms with Gasteiger partial charge in [0.2, 0.25) is 11.8 Å². The highest BCUT2D eigenvalue weighted by Gasteiger charge is 2.09. The lowest BCUT2D eigenvalue weighted by molar-refractivity contribution is -0.118. The molecule has 2 aromatic heterocycles. The van der Waals surface area contributed by atoms with Gasteiger partial charge in [-0.05, 0) is 37.6 Å². The Balaban J connectivity index is 1.65. The lowest BCUT2D eigenvalue weighted by atomic mass is 10.2. The van der Waals surface area contributed by atoms with Gasteiger partial charge in [-0.3, -0.25) is 10.1 Å². The van der Waals surface area contributed by atoms with E-state index in [1.807, 2.05) is 0 Å². The third-order valence-corrected chi connectivity index (χ3v) is 3.96. The van der Waals surface area contributed by atoms with E-state index in [1.54, 1.807) is 43.6 Å². The Bertz CT molecular complexity index is 918. The van der Waals surface area contributed by atoms with Crippen molar-refractivity contribution in [2.24, 2.45) is 0 Å². The van der Waals surface area contributed by atoms with E-state index in [0.29, 0.717) is 28.0 Å². The van der Waals surface area contributed by atoms with Gasteiger partial charge in [-0.1, -0.05) is 0 Å². The van der Waals surface area contributed by atoms with Crippen molar-refractivity contribution in [3.63, 3.8) is 0 Å². The molecule has 7 nitrogen and oxygen atoms in total. The van der Waals surface area contributed by atoms with E-state index < -0.39 is 0 Å². The maximum atomic E-state index is 13.4. The number of nitrogens with one attached hydrogen (secondary N) is 2. The Labute approximate surface area is 153 Å². The summed E-state index contributed by atoms with van der Waals surface area (Å²) in [6.07, 6.45) is 1.60. The van der Waals surface area contributed by atoms with Gasteiger partial charge in [0.1, 0.15) is 5.82 Å². The van der Waals surface area contributed by atoms with Crippen LogP contribution in [-0.4, -0.2) is 27.5 Å². The van der Waals surface area contributed by atoms with E-state index in [1.165, 1.54) is 17.4 Å². The molecule has 2 heterocycles. The number of thiazole rings is 1. The van der Waals surface area contributed by atoms with Crippen LogP contribution in [0.3, 0.4) is 0 Å². The zero-order valence-corrected chi connectivity index (χ0v) is 14.9. The van der Waals surface area contributed by atoms with Crippen LogP contribution < -0.4 is 15.4 Å². The van der Waals surface area contributed by atoms with Gasteiger partial charge in [0.15, 0.2) is 11.7 Å². The number of anilines is 3. The van der Waals surface area contributed by atoms with Crippen LogP contribution in [0.15, 0.2) is 35.8 Å². The Kier molecular flexibility index (Phi) is 5.37. The molecular weight excluding hydrogens is 357 g/mol. The number of aromatic nitrogens is 3. The Morgan fingerprint density at radius 2 is 2.12 bits per heavy atom. The molecule has 0 bridgehead atoms. The number of hydrogen-bond acceptors (Lipinski definition) is 7. The van der Waals surface area contributed by atoms with Gasteiger partial charge in [-0.15, -0.1) is 11.3 Å². The maximum absolute atomic E-state index is 13.4. The molecule has 0 aliphatic heterocycles. The number of rotatable bonds is 6. The topological polar surface area (TPSA) is 89.0 Å². The molecule has 0 fully saturated rings. The lowest BCUT2D eigenvalue weighted by Crippen LogP contribution is -2.20. The molecule has 3 rings (SSSR count). The molecule has 2 N–H and O–H groups in total. The number of carbonyl (C=O) groups is 1. The first-order valence-corrected chi connectivity index (χ1v) is 8.58. The monoisotopic (exact) mass is 373 g/mol. The zero-order valence-electron chi connectivity index (χ0n) is 14.1. The van der Waals surface area contributed by atoms with Gasteiger partial charge < -0.3 is 10.1 Å². The van der Waals surface area contributed by atoms with Crippen molar-refractivity contribution in [1.29, 1.82) is 0 Å². The second-order valence-electron chi connectivity index (χ2n) is 5.43. The lowest BCUT2D eigenvalue weighted by Gasteiger charge is -2.10. The summed E-state index contributed by atoms with van der Waals surface area (Å²) in [7, 11) is 0. The van der Waals surface area contributed by atoms with E-state index in [4.69, 9.17) is 4.74 Å². The zero-order chi connectivity index (χ0) is 18.5. The predicted molar refractivity (Wildman–Crippen MR) is 97.4 cm³/mol. The van der Waals surface area contributed by atoms with Crippen LogP contribution in [0.1, 0.15) is 11.3 Å². The molecule has 0 radical (unpaired) electrons. The van der Waals surface area contributed by atoms with E-state index in [9.17, 15) is 9.18 Å². The van der Waals surface area contributed by atoms with Crippen LogP contribution in [0, 0.1) is 19.7 Å². The number of amides is 1. The van der Waals surface area contributed by atoms with Crippen LogP contribution >= 0.6 is 11.3 Å². The molecule has 0 atom stereocenters. The third kappa shape index (κ3) is 4.73. The standard InChI is InChI=1S/C17H16FN5O2S/c1-10-7-12(3-4-13(10)18)21-16-20-11(2)8-15(23-16)25-9-14(24)22-17-19-5-6-26-17/h3-8H,9H2,1-2H3,(H,19,22,24)(H,20,21,23). The summed E-state index contributed by atoms with van der Waals surface area (Å²) in [5.74, 6) is -0.0599. The summed E-state index contributed by atoms with van der Waals surface area (Å²) in [5.41, 5.74) is 1.83. The number of halogens is 1. The first kappa shape index (κ1) is 17.7. The molecular formula is C17H16FN5O2S. The minimum absolute atomic E-state index is 0.203. The summed E-state index contributed by atoms with van der Waals surface area (Å²) in [5, 5.41) is 7.89. The number of nitrogens with zero attached hydrogens (tertiary/aromatic N) is 3. The van der Waals surface area contributed by atoms with Crippen LogP contribution in [0.25, 0.3) is 0 Å². The van der Waals surface area contributed by atoms with Gasteiger partial charge in [-0.2, -0.15) is 4.98 Å². The highest BCUT2D eigenvalue weighted by molar-refractivity contribution is 7.13. The second-order valence-corrected chi connectivity index (χ2v) is 6.33. The van der Waals surface area contributed by atoms with Gasteiger partial charge >= 0.3 is 0 Å².